The lowest BCUT2D eigenvalue weighted by Gasteiger charge is -2.33. The Morgan fingerprint density at radius 2 is 1.69 bits per heavy atom. The zero-order valence-corrected chi connectivity index (χ0v) is 25.9. The van der Waals surface area contributed by atoms with Crippen molar-refractivity contribution in [3.63, 3.8) is 0 Å². The van der Waals surface area contributed by atoms with Crippen LogP contribution in [0.5, 0.6) is 0 Å². The number of amides is 1. The van der Waals surface area contributed by atoms with Crippen LogP contribution in [0.15, 0.2) is 29.2 Å². The van der Waals surface area contributed by atoms with Crippen molar-refractivity contribution >= 4 is 15.9 Å². The molecule has 1 N–H and O–H groups in total. The van der Waals surface area contributed by atoms with Gasteiger partial charge in [0.05, 0.1) is 29.7 Å². The number of benzene rings is 1. The maximum atomic E-state index is 13.8. The number of nitrogens with zero attached hydrogens (tertiary/aromatic N) is 2. The predicted molar refractivity (Wildman–Crippen MR) is 157 cm³/mol. The lowest BCUT2D eigenvalue weighted by Crippen LogP contribution is -2.48. The summed E-state index contributed by atoms with van der Waals surface area (Å²) in [7, 11) is -2.07. The van der Waals surface area contributed by atoms with E-state index in [-0.39, 0.29) is 11.9 Å². The maximum absolute atomic E-state index is 13.8. The number of ether oxygens (including phenoxy) is 1. The fourth-order valence-corrected chi connectivity index (χ4v) is 7.47. The minimum absolute atomic E-state index is 0.0545. The highest BCUT2D eigenvalue weighted by molar-refractivity contribution is 7.89. The smallest absolute Gasteiger partial charge is 0.253 e. The highest BCUT2D eigenvalue weighted by Crippen LogP contribution is 2.37. The molecule has 1 aliphatic carbocycles. The summed E-state index contributed by atoms with van der Waals surface area (Å²) in [6.07, 6.45) is 6.18. The van der Waals surface area contributed by atoms with Gasteiger partial charge in [0.1, 0.15) is 0 Å². The maximum Gasteiger partial charge on any atom is 0.253 e. The van der Waals surface area contributed by atoms with Gasteiger partial charge in [-0.15, -0.1) is 0 Å². The Kier molecular flexibility index (Phi) is 8.42. The van der Waals surface area contributed by atoms with Crippen LogP contribution in [0.4, 0.5) is 0 Å². The van der Waals surface area contributed by atoms with Gasteiger partial charge >= 0.3 is 0 Å². The molecule has 2 aliphatic rings. The Balaban J connectivity index is 1.82. The highest BCUT2D eigenvalue weighted by atomic mass is 32.2. The Labute approximate surface area is 235 Å². The van der Waals surface area contributed by atoms with Crippen LogP contribution in [0, 0.1) is 12.8 Å². The topological polar surface area (TPSA) is 80.6 Å². The molecule has 0 atom stereocenters. The van der Waals surface area contributed by atoms with Gasteiger partial charge in [-0.25, -0.2) is 8.42 Å². The molecule has 0 spiro atoms. The number of hydrogen-bond donors (Lipinski definition) is 1. The van der Waals surface area contributed by atoms with Gasteiger partial charge < -0.3 is 14.6 Å². The molecule has 1 aromatic carbocycles. The van der Waals surface area contributed by atoms with Gasteiger partial charge in [-0.2, -0.15) is 4.31 Å². The average Bonchev–Trinajstić information content (AvgIpc) is 3.16. The number of hydrogen-bond acceptors (Lipinski definition) is 4. The minimum atomic E-state index is -3.72. The number of carbonyl (C=O) groups excluding carboxylic acids is 1. The van der Waals surface area contributed by atoms with Crippen molar-refractivity contribution < 1.29 is 17.9 Å². The quantitative estimate of drug-likeness (QED) is 0.460. The van der Waals surface area contributed by atoms with Gasteiger partial charge in [-0.3, -0.25) is 4.79 Å². The third-order valence-corrected chi connectivity index (χ3v) is 10.6. The lowest BCUT2D eigenvalue weighted by atomic mass is 9.85. The van der Waals surface area contributed by atoms with Crippen LogP contribution in [0.1, 0.15) is 95.3 Å². The number of rotatable bonds is 7. The van der Waals surface area contributed by atoms with Crippen molar-refractivity contribution in [3.8, 4) is 11.3 Å². The van der Waals surface area contributed by atoms with Gasteiger partial charge in [0.15, 0.2) is 0 Å². The largest absolute Gasteiger partial charge is 0.377 e. The minimum Gasteiger partial charge on any atom is -0.377 e. The molecule has 1 aliphatic heterocycles. The number of nitrogens with one attached hydrogen (secondary N) is 1. The Hall–Kier alpha value is -2.16. The van der Waals surface area contributed by atoms with Gasteiger partial charge in [-0.05, 0) is 81.2 Å². The molecule has 1 saturated carbocycles. The summed E-state index contributed by atoms with van der Waals surface area (Å²) in [5, 5.41) is 3.10. The van der Waals surface area contributed by atoms with E-state index in [1.165, 1.54) is 36.4 Å². The summed E-state index contributed by atoms with van der Waals surface area (Å²) in [4.78, 5) is 13.6. The van der Waals surface area contributed by atoms with Crippen LogP contribution in [0.3, 0.4) is 0 Å². The summed E-state index contributed by atoms with van der Waals surface area (Å²) >= 11 is 0. The van der Waals surface area contributed by atoms with E-state index in [9.17, 15) is 13.2 Å². The molecule has 8 heteroatoms. The average molecular weight is 558 g/mol. The molecule has 1 aromatic heterocycles. The number of sulfonamides is 1. The second-order valence-electron chi connectivity index (χ2n) is 13.5. The molecule has 2 heterocycles. The Bertz CT molecular complexity index is 1300. The van der Waals surface area contributed by atoms with E-state index in [0.717, 1.165) is 29.1 Å². The molecule has 7 nitrogen and oxygen atoms in total. The molecule has 1 saturated heterocycles. The van der Waals surface area contributed by atoms with Crippen molar-refractivity contribution in [1.82, 2.24) is 14.2 Å². The zero-order chi connectivity index (χ0) is 28.8. The summed E-state index contributed by atoms with van der Waals surface area (Å²) in [5.41, 5.74) is 3.35. The first kappa shape index (κ1) is 29.8. The number of carbonyl (C=O) groups is 1. The molecule has 1 amide bonds. The molecule has 0 unspecified atom stereocenters. The molecular weight excluding hydrogens is 510 g/mol. The summed E-state index contributed by atoms with van der Waals surface area (Å²) in [6.45, 7) is 15.8. The molecule has 0 bridgehead atoms. The van der Waals surface area contributed by atoms with E-state index in [0.29, 0.717) is 29.6 Å². The standard InChI is InChI=1S/C31H47N3O4S/c1-21-25(29(35)32-24-19-38-20-24)17-27(34(21)18-22-12-10-9-11-13-22)23-14-15-28(26(16-23)30(2,3)4)39(36,37)33(8)31(5,6)7/h14-17,22,24H,9-13,18-20H2,1-8H3,(H,32,35). The second-order valence-corrected chi connectivity index (χ2v) is 15.4. The summed E-state index contributed by atoms with van der Waals surface area (Å²) in [6, 6.07) is 7.73. The lowest BCUT2D eigenvalue weighted by molar-refractivity contribution is -0.00347. The fourth-order valence-electron chi connectivity index (χ4n) is 5.57. The summed E-state index contributed by atoms with van der Waals surface area (Å²) in [5.74, 6) is 0.494. The van der Waals surface area contributed by atoms with Gasteiger partial charge in [-0.1, -0.05) is 46.1 Å². The van der Waals surface area contributed by atoms with Crippen LogP contribution < -0.4 is 5.32 Å². The van der Waals surface area contributed by atoms with E-state index in [4.69, 9.17) is 4.74 Å². The molecule has 216 valence electrons. The van der Waals surface area contributed by atoms with Crippen LogP contribution in [-0.4, -0.2) is 55.0 Å². The molecule has 39 heavy (non-hydrogen) atoms. The van der Waals surface area contributed by atoms with Crippen LogP contribution >= 0.6 is 0 Å². The third-order valence-electron chi connectivity index (χ3n) is 8.42. The first-order valence-corrected chi connectivity index (χ1v) is 15.8. The zero-order valence-electron chi connectivity index (χ0n) is 25.1. The van der Waals surface area contributed by atoms with E-state index >= 15 is 0 Å². The van der Waals surface area contributed by atoms with Crippen molar-refractivity contribution in [1.29, 1.82) is 0 Å². The van der Waals surface area contributed by atoms with Crippen molar-refractivity contribution in [2.24, 2.45) is 5.92 Å². The molecule has 4 rings (SSSR count). The van der Waals surface area contributed by atoms with Crippen molar-refractivity contribution in [3.05, 3.63) is 41.1 Å². The van der Waals surface area contributed by atoms with Crippen molar-refractivity contribution in [2.75, 3.05) is 20.3 Å². The second kappa shape index (κ2) is 11.0. The van der Waals surface area contributed by atoms with E-state index in [1.807, 2.05) is 66.7 Å². The first-order chi connectivity index (χ1) is 18.1. The predicted octanol–water partition coefficient (Wildman–Crippen LogP) is 5.89. The monoisotopic (exact) mass is 557 g/mol. The van der Waals surface area contributed by atoms with Gasteiger partial charge in [0.25, 0.3) is 5.91 Å². The normalized spacial score (nSPS) is 17.9. The van der Waals surface area contributed by atoms with Crippen LogP contribution in [0.25, 0.3) is 11.3 Å². The van der Waals surface area contributed by atoms with Gasteiger partial charge in [0.2, 0.25) is 10.0 Å². The summed E-state index contributed by atoms with van der Waals surface area (Å²) < 4.78 is 36.5. The fraction of sp³-hybridized carbons (Fsp3) is 0.645. The molecular formula is C31H47N3O4S. The van der Waals surface area contributed by atoms with Gasteiger partial charge in [0, 0.05) is 30.5 Å². The van der Waals surface area contributed by atoms with Crippen LogP contribution in [-0.2, 0) is 26.7 Å². The highest BCUT2D eigenvalue weighted by Gasteiger charge is 2.35. The molecule has 2 fully saturated rings. The van der Waals surface area contributed by atoms with E-state index in [2.05, 4.69) is 9.88 Å². The Morgan fingerprint density at radius 3 is 2.23 bits per heavy atom. The molecule has 2 aromatic rings. The first-order valence-electron chi connectivity index (χ1n) is 14.3. The van der Waals surface area contributed by atoms with E-state index < -0.39 is 21.0 Å². The molecule has 0 radical (unpaired) electrons. The Morgan fingerprint density at radius 1 is 1.05 bits per heavy atom. The van der Waals surface area contributed by atoms with Crippen LogP contribution in [0.2, 0.25) is 0 Å². The third kappa shape index (κ3) is 6.28. The van der Waals surface area contributed by atoms with E-state index in [1.54, 1.807) is 13.1 Å². The van der Waals surface area contributed by atoms with Crippen molar-refractivity contribution in [2.45, 2.75) is 109 Å². The number of aromatic nitrogens is 1. The SMILES string of the molecule is Cc1c(C(=O)NC2COC2)cc(-c2ccc(S(=O)(=O)N(C)C(C)(C)C)c(C(C)(C)C)c2)n1CC1CCCCC1.